The van der Waals surface area contributed by atoms with Crippen molar-refractivity contribution < 1.29 is 22.3 Å². The maximum absolute atomic E-state index is 12.9. The summed E-state index contributed by atoms with van der Waals surface area (Å²) in [6.45, 7) is 7.51. The van der Waals surface area contributed by atoms with E-state index in [1.54, 1.807) is 6.26 Å². The molecule has 1 aromatic rings. The smallest absolute Gasteiger partial charge is 0.403 e. The lowest BCUT2D eigenvalue weighted by atomic mass is 10.2. The van der Waals surface area contributed by atoms with Crippen molar-refractivity contribution in [2.75, 3.05) is 52.5 Å². The van der Waals surface area contributed by atoms with Gasteiger partial charge in [-0.1, -0.05) is 0 Å². The molecule has 2 rings (SSSR count). The summed E-state index contributed by atoms with van der Waals surface area (Å²) in [6.07, 6.45) is -1.03. The van der Waals surface area contributed by atoms with Crippen LogP contribution in [0.3, 0.4) is 0 Å². The third kappa shape index (κ3) is 9.12. The zero-order chi connectivity index (χ0) is 20.4. The number of rotatable bonds is 9. The molecule has 2 heterocycles. The van der Waals surface area contributed by atoms with Gasteiger partial charge in [0.25, 0.3) is 0 Å². The molecule has 0 radical (unpaired) electrons. The highest BCUT2D eigenvalue weighted by molar-refractivity contribution is 14.0. The van der Waals surface area contributed by atoms with Crippen LogP contribution in [0.25, 0.3) is 0 Å². The van der Waals surface area contributed by atoms with E-state index in [9.17, 15) is 13.2 Å². The van der Waals surface area contributed by atoms with Gasteiger partial charge in [-0.2, -0.15) is 13.2 Å². The molecule has 1 N–H and O–H groups in total. The molecule has 1 unspecified atom stereocenters. The molecule has 29 heavy (non-hydrogen) atoms. The van der Waals surface area contributed by atoms with E-state index in [1.165, 1.54) is 11.8 Å². The summed E-state index contributed by atoms with van der Waals surface area (Å²) in [7, 11) is 0. The maximum Gasteiger partial charge on any atom is 0.403 e. The number of hydrogen-bond acceptors (Lipinski definition) is 4. The first-order chi connectivity index (χ1) is 13.4. The molecule has 0 aromatic carbocycles. The topological polar surface area (TPSA) is 53.2 Å². The average molecular weight is 532 g/mol. The summed E-state index contributed by atoms with van der Waals surface area (Å²) in [6, 6.07) is 2.34. The monoisotopic (exact) mass is 532 g/mol. The van der Waals surface area contributed by atoms with E-state index < -0.39 is 12.2 Å². The molecule has 1 aromatic heterocycles. The van der Waals surface area contributed by atoms with Crippen molar-refractivity contribution in [3.63, 3.8) is 0 Å². The van der Waals surface area contributed by atoms with Crippen LogP contribution in [0, 0.1) is 0 Å². The number of hydrogen-bond donors (Lipinski definition) is 1. The number of ether oxygens (including phenoxy) is 1. The number of piperazine rings is 1. The van der Waals surface area contributed by atoms with Gasteiger partial charge in [0.1, 0.15) is 11.8 Å². The van der Waals surface area contributed by atoms with Crippen LogP contribution in [0.1, 0.15) is 26.0 Å². The zero-order valence-corrected chi connectivity index (χ0v) is 19.4. The fourth-order valence-corrected chi connectivity index (χ4v) is 3.04. The molecule has 1 aliphatic rings. The van der Waals surface area contributed by atoms with Gasteiger partial charge in [0.2, 0.25) is 0 Å². The Balaban J connectivity index is 0.00000420. The fourth-order valence-electron chi connectivity index (χ4n) is 3.04. The predicted molar refractivity (Wildman–Crippen MR) is 118 cm³/mol. The van der Waals surface area contributed by atoms with Crippen LogP contribution >= 0.6 is 24.0 Å². The summed E-state index contributed by atoms with van der Waals surface area (Å²) in [5.74, 6) is 1.62. The maximum atomic E-state index is 12.9. The lowest BCUT2D eigenvalue weighted by Gasteiger charge is -2.39. The fraction of sp³-hybridized carbons (Fsp3) is 0.737. The molecule has 1 saturated heterocycles. The van der Waals surface area contributed by atoms with Crippen molar-refractivity contribution >= 4 is 29.9 Å². The lowest BCUT2D eigenvalue weighted by Crippen LogP contribution is -2.57. The Labute approximate surface area is 187 Å². The van der Waals surface area contributed by atoms with Crippen molar-refractivity contribution in [2.45, 2.75) is 38.9 Å². The third-order valence-corrected chi connectivity index (χ3v) is 4.78. The molecule has 6 nitrogen and oxygen atoms in total. The minimum absolute atomic E-state index is 0. The Morgan fingerprint density at radius 3 is 2.62 bits per heavy atom. The standard InChI is InChI=1S/C19H31F3N4O2.HI/c1-3-27-14-5-8-23-18(24-9-7-17-6-4-15-28-17)26-12-10-25(11-13-26)16(2)19(20,21)22;/h4,6,15-16H,3,5,7-14H2,1-2H3,(H,23,24);1H. The molecule has 168 valence electrons. The lowest BCUT2D eigenvalue weighted by molar-refractivity contribution is -0.181. The normalized spacial score (nSPS) is 17.1. The first-order valence-corrected chi connectivity index (χ1v) is 9.86. The van der Waals surface area contributed by atoms with Gasteiger partial charge >= 0.3 is 6.18 Å². The Bertz CT molecular complexity index is 577. The molecule has 1 fully saturated rings. The number of aliphatic imine (C=N–C) groups is 1. The Morgan fingerprint density at radius 1 is 1.31 bits per heavy atom. The van der Waals surface area contributed by atoms with Gasteiger partial charge in [-0.05, 0) is 32.4 Å². The quantitative estimate of drug-likeness (QED) is 0.229. The minimum atomic E-state index is -4.19. The van der Waals surface area contributed by atoms with E-state index >= 15 is 0 Å². The van der Waals surface area contributed by atoms with Gasteiger partial charge in [-0.15, -0.1) is 24.0 Å². The second kappa shape index (κ2) is 13.3. The molecule has 0 amide bonds. The van der Waals surface area contributed by atoms with E-state index in [1.807, 2.05) is 24.0 Å². The third-order valence-electron chi connectivity index (χ3n) is 4.78. The Hall–Kier alpha value is -1.01. The van der Waals surface area contributed by atoms with E-state index in [-0.39, 0.29) is 24.0 Å². The van der Waals surface area contributed by atoms with Crippen LogP contribution in [-0.4, -0.2) is 80.5 Å². The van der Waals surface area contributed by atoms with Crippen LogP contribution in [0.15, 0.2) is 27.8 Å². The summed E-state index contributed by atoms with van der Waals surface area (Å²) in [5, 5.41) is 3.33. The first kappa shape index (κ1) is 26.0. The predicted octanol–water partition coefficient (Wildman–Crippen LogP) is 3.38. The second-order valence-corrected chi connectivity index (χ2v) is 6.75. The number of guanidine groups is 1. The Kier molecular flexibility index (Phi) is 12.0. The highest BCUT2D eigenvalue weighted by atomic mass is 127. The van der Waals surface area contributed by atoms with Crippen LogP contribution < -0.4 is 5.32 Å². The molecule has 0 saturated carbocycles. The van der Waals surface area contributed by atoms with Gasteiger partial charge in [0.05, 0.1) is 6.26 Å². The number of nitrogens with one attached hydrogen (secondary N) is 1. The van der Waals surface area contributed by atoms with Gasteiger partial charge in [0.15, 0.2) is 5.96 Å². The largest absolute Gasteiger partial charge is 0.469 e. The number of alkyl halides is 3. The van der Waals surface area contributed by atoms with Crippen molar-refractivity contribution in [3.05, 3.63) is 24.2 Å². The van der Waals surface area contributed by atoms with Crippen molar-refractivity contribution in [2.24, 2.45) is 4.99 Å². The number of halogens is 4. The van der Waals surface area contributed by atoms with E-state index in [4.69, 9.17) is 9.15 Å². The number of furan rings is 1. The van der Waals surface area contributed by atoms with Crippen LogP contribution in [0.2, 0.25) is 0 Å². The highest BCUT2D eigenvalue weighted by Gasteiger charge is 2.41. The SMILES string of the molecule is CCOCCCN=C(NCCc1ccco1)N1CCN(C(C)C(F)(F)F)CC1.I. The molecule has 0 bridgehead atoms. The van der Waals surface area contributed by atoms with Crippen molar-refractivity contribution in [1.82, 2.24) is 15.1 Å². The van der Waals surface area contributed by atoms with Gasteiger partial charge in [-0.25, -0.2) is 0 Å². The van der Waals surface area contributed by atoms with Crippen LogP contribution in [-0.2, 0) is 11.2 Å². The molecule has 10 heteroatoms. The first-order valence-electron chi connectivity index (χ1n) is 9.86. The van der Waals surface area contributed by atoms with Gasteiger partial charge < -0.3 is 19.4 Å². The van der Waals surface area contributed by atoms with Gasteiger partial charge in [0, 0.05) is 58.9 Å². The van der Waals surface area contributed by atoms with E-state index in [0.29, 0.717) is 52.5 Å². The zero-order valence-electron chi connectivity index (χ0n) is 17.1. The molecular weight excluding hydrogens is 500 g/mol. The van der Waals surface area contributed by atoms with Crippen molar-refractivity contribution in [3.8, 4) is 0 Å². The number of nitrogens with zero attached hydrogens (tertiary/aromatic N) is 3. The van der Waals surface area contributed by atoms with Gasteiger partial charge in [-0.3, -0.25) is 9.89 Å². The Morgan fingerprint density at radius 2 is 2.03 bits per heavy atom. The summed E-state index contributed by atoms with van der Waals surface area (Å²) < 4.78 is 49.5. The van der Waals surface area contributed by atoms with Crippen LogP contribution in [0.5, 0.6) is 0 Å². The molecule has 1 atom stereocenters. The molecular formula is C19H32F3IN4O2. The van der Waals surface area contributed by atoms with Crippen LogP contribution in [0.4, 0.5) is 13.2 Å². The average Bonchev–Trinajstić information content (AvgIpc) is 3.19. The molecule has 0 aliphatic carbocycles. The minimum Gasteiger partial charge on any atom is -0.469 e. The molecule has 0 spiro atoms. The van der Waals surface area contributed by atoms with E-state index in [2.05, 4.69) is 10.3 Å². The highest BCUT2D eigenvalue weighted by Crippen LogP contribution is 2.25. The molecule has 1 aliphatic heterocycles. The summed E-state index contributed by atoms with van der Waals surface area (Å²) >= 11 is 0. The summed E-state index contributed by atoms with van der Waals surface area (Å²) in [4.78, 5) is 8.15. The van der Waals surface area contributed by atoms with E-state index in [0.717, 1.165) is 24.6 Å². The summed E-state index contributed by atoms with van der Waals surface area (Å²) in [5.41, 5.74) is 0. The second-order valence-electron chi connectivity index (χ2n) is 6.75. The van der Waals surface area contributed by atoms with Crippen molar-refractivity contribution in [1.29, 1.82) is 0 Å².